The van der Waals surface area contributed by atoms with Crippen LogP contribution in [0.15, 0.2) is 0 Å². The van der Waals surface area contributed by atoms with Gasteiger partial charge in [-0.15, -0.1) is 17.0 Å². The van der Waals surface area contributed by atoms with Gasteiger partial charge in [0.2, 0.25) is 0 Å². The number of halogens is 1. The highest BCUT2D eigenvalue weighted by atomic mass is 79.9. The van der Waals surface area contributed by atoms with Gasteiger partial charge in [0.05, 0.1) is 0 Å². The van der Waals surface area contributed by atoms with Crippen LogP contribution in [0.3, 0.4) is 0 Å². The Morgan fingerprint density at radius 2 is 1.75 bits per heavy atom. The number of nitrogens with zero attached hydrogens (tertiary/aromatic N) is 2. The second-order valence-corrected chi connectivity index (χ2v) is 3.08. The highest BCUT2D eigenvalue weighted by molar-refractivity contribution is 8.93. The van der Waals surface area contributed by atoms with Crippen LogP contribution in [0.1, 0.15) is 0 Å². The van der Waals surface area contributed by atoms with E-state index in [1.165, 1.54) is 0 Å². The van der Waals surface area contributed by atoms with Gasteiger partial charge in [-0.1, -0.05) is 0 Å². The molecule has 0 aromatic rings. The van der Waals surface area contributed by atoms with Crippen LogP contribution in [0.4, 0.5) is 0 Å². The van der Waals surface area contributed by atoms with Crippen molar-refractivity contribution in [3.05, 3.63) is 0 Å². The molecule has 74 valence electrons. The van der Waals surface area contributed by atoms with Crippen LogP contribution in [-0.4, -0.2) is 61.7 Å². The first-order valence-corrected chi connectivity index (χ1v) is 3.49. The molecule has 0 heterocycles. The summed E-state index contributed by atoms with van der Waals surface area (Å²) < 4.78 is 0. The van der Waals surface area contributed by atoms with Crippen LogP contribution in [0, 0.1) is 0 Å². The van der Waals surface area contributed by atoms with Gasteiger partial charge >= 0.3 is 5.97 Å². The number of carboxylic acids is 1. The predicted molar refractivity (Wildman–Crippen MR) is 54.0 cm³/mol. The summed E-state index contributed by atoms with van der Waals surface area (Å²) in [6.45, 7) is 0.544. The third-order valence-corrected chi connectivity index (χ3v) is 1.45. The van der Waals surface area contributed by atoms with E-state index in [2.05, 4.69) is 0 Å². The van der Waals surface area contributed by atoms with Crippen molar-refractivity contribution in [1.82, 2.24) is 9.80 Å². The molecule has 12 heavy (non-hydrogen) atoms. The van der Waals surface area contributed by atoms with Crippen molar-refractivity contribution in [2.24, 2.45) is 0 Å². The molecule has 0 fully saturated rings. The van der Waals surface area contributed by atoms with E-state index in [1.54, 1.807) is 19.0 Å². The average molecular weight is 241 g/mol. The predicted octanol–water partition coefficient (Wildman–Crippen LogP) is 0.141. The van der Waals surface area contributed by atoms with Crippen molar-refractivity contribution in [2.75, 3.05) is 34.7 Å². The molecule has 0 spiro atoms. The fraction of sp³-hybridized carbons (Fsp3) is 0.857. The van der Waals surface area contributed by atoms with Crippen LogP contribution in [0.2, 0.25) is 0 Å². The Kier molecular flexibility index (Phi) is 7.67. The molecule has 0 saturated heterocycles. The van der Waals surface area contributed by atoms with Gasteiger partial charge in [-0.25, -0.2) is 0 Å². The van der Waals surface area contributed by atoms with Gasteiger partial charge in [0.1, 0.15) is 6.04 Å². The van der Waals surface area contributed by atoms with Crippen LogP contribution in [-0.2, 0) is 4.79 Å². The van der Waals surface area contributed by atoms with E-state index in [4.69, 9.17) is 5.11 Å². The lowest BCUT2D eigenvalue weighted by molar-refractivity contribution is -0.142. The number of carbonyl (C=O) groups is 1. The Hall–Kier alpha value is -0.130. The van der Waals surface area contributed by atoms with Gasteiger partial charge in [-0.2, -0.15) is 0 Å². The van der Waals surface area contributed by atoms with Crippen molar-refractivity contribution in [3.8, 4) is 0 Å². The molecular weight excluding hydrogens is 224 g/mol. The highest BCUT2D eigenvalue weighted by Gasteiger charge is 2.19. The Labute approximate surface area is 83.9 Å². The summed E-state index contributed by atoms with van der Waals surface area (Å²) in [6, 6.07) is -0.412. The number of hydrogen-bond donors (Lipinski definition) is 1. The lowest BCUT2D eigenvalue weighted by Gasteiger charge is -2.22. The monoisotopic (exact) mass is 240 g/mol. The van der Waals surface area contributed by atoms with Gasteiger partial charge in [0.15, 0.2) is 0 Å². The van der Waals surface area contributed by atoms with E-state index in [1.807, 2.05) is 19.0 Å². The molecule has 0 bridgehead atoms. The number of likely N-dealkylation sites (N-methyl/N-ethyl adjacent to an activating group) is 2. The minimum Gasteiger partial charge on any atom is -0.480 e. The van der Waals surface area contributed by atoms with Crippen molar-refractivity contribution >= 4 is 23.0 Å². The molecule has 1 unspecified atom stereocenters. The average Bonchev–Trinajstić information content (AvgIpc) is 1.81. The van der Waals surface area contributed by atoms with E-state index in [-0.39, 0.29) is 17.0 Å². The second kappa shape index (κ2) is 6.39. The molecule has 0 radical (unpaired) electrons. The summed E-state index contributed by atoms with van der Waals surface area (Å²) in [5.41, 5.74) is 0. The number of carboxylic acid groups (broad SMARTS) is 1. The second-order valence-electron chi connectivity index (χ2n) is 3.08. The first-order valence-electron chi connectivity index (χ1n) is 3.49. The van der Waals surface area contributed by atoms with E-state index >= 15 is 0 Å². The molecule has 5 heteroatoms. The Bertz CT molecular complexity index is 139. The zero-order valence-electron chi connectivity index (χ0n) is 7.94. The molecule has 1 N–H and O–H groups in total. The van der Waals surface area contributed by atoms with E-state index in [0.29, 0.717) is 6.54 Å². The Balaban J connectivity index is 0. The van der Waals surface area contributed by atoms with Gasteiger partial charge in [0.25, 0.3) is 0 Å². The van der Waals surface area contributed by atoms with Gasteiger partial charge in [0, 0.05) is 6.54 Å². The molecule has 0 saturated carbocycles. The van der Waals surface area contributed by atoms with Crippen LogP contribution in [0.5, 0.6) is 0 Å². The quantitative estimate of drug-likeness (QED) is 0.760. The molecule has 0 aromatic heterocycles. The number of hydrogen-bond acceptors (Lipinski definition) is 3. The summed E-state index contributed by atoms with van der Waals surface area (Å²) in [4.78, 5) is 14.2. The molecule has 0 aliphatic heterocycles. The van der Waals surface area contributed by atoms with Crippen molar-refractivity contribution in [2.45, 2.75) is 6.04 Å². The molecule has 1 atom stereocenters. The molecule has 4 nitrogen and oxygen atoms in total. The van der Waals surface area contributed by atoms with Crippen molar-refractivity contribution in [1.29, 1.82) is 0 Å². The molecular formula is C7H17BrN2O2. The number of rotatable bonds is 4. The summed E-state index contributed by atoms with van der Waals surface area (Å²) in [5.74, 6) is -0.774. The molecule has 0 aliphatic rings. The van der Waals surface area contributed by atoms with Gasteiger partial charge in [-0.3, -0.25) is 9.69 Å². The largest absolute Gasteiger partial charge is 0.480 e. The van der Waals surface area contributed by atoms with Crippen molar-refractivity contribution < 1.29 is 9.90 Å². The third-order valence-electron chi connectivity index (χ3n) is 1.45. The zero-order valence-corrected chi connectivity index (χ0v) is 9.66. The minimum atomic E-state index is -0.774. The maximum atomic E-state index is 10.6. The fourth-order valence-corrected chi connectivity index (χ4v) is 0.808. The van der Waals surface area contributed by atoms with E-state index < -0.39 is 12.0 Å². The lowest BCUT2D eigenvalue weighted by Crippen LogP contribution is -2.43. The minimum absolute atomic E-state index is 0. The Morgan fingerprint density at radius 3 is 1.83 bits per heavy atom. The molecule has 0 amide bonds. The standard InChI is InChI=1S/C7H16N2O2.BrH/c1-8(2)5-6(7(10)11)9(3)4;/h6H,5H2,1-4H3,(H,10,11);1H. The van der Waals surface area contributed by atoms with Crippen LogP contribution in [0.25, 0.3) is 0 Å². The molecule has 0 aromatic carbocycles. The summed E-state index contributed by atoms with van der Waals surface area (Å²) in [6.07, 6.45) is 0. The number of aliphatic carboxylic acids is 1. The molecule has 0 rings (SSSR count). The summed E-state index contributed by atoms with van der Waals surface area (Å²) in [5, 5.41) is 8.72. The topological polar surface area (TPSA) is 43.8 Å². The normalized spacial score (nSPS) is 12.8. The lowest BCUT2D eigenvalue weighted by atomic mass is 10.2. The fourth-order valence-electron chi connectivity index (χ4n) is 0.808. The highest BCUT2D eigenvalue weighted by Crippen LogP contribution is 1.94. The maximum absolute atomic E-state index is 10.6. The summed E-state index contributed by atoms with van der Waals surface area (Å²) in [7, 11) is 7.25. The summed E-state index contributed by atoms with van der Waals surface area (Å²) >= 11 is 0. The first-order chi connectivity index (χ1) is 4.95. The molecule has 0 aliphatic carbocycles. The van der Waals surface area contributed by atoms with E-state index in [9.17, 15) is 4.79 Å². The maximum Gasteiger partial charge on any atom is 0.322 e. The Morgan fingerprint density at radius 1 is 1.33 bits per heavy atom. The van der Waals surface area contributed by atoms with Crippen molar-refractivity contribution in [3.63, 3.8) is 0 Å². The van der Waals surface area contributed by atoms with E-state index in [0.717, 1.165) is 0 Å². The third kappa shape index (κ3) is 5.51. The van der Waals surface area contributed by atoms with Gasteiger partial charge < -0.3 is 10.0 Å². The smallest absolute Gasteiger partial charge is 0.322 e. The SMILES string of the molecule is Br.CN(C)CC(C(=O)O)N(C)C. The zero-order chi connectivity index (χ0) is 9.02. The first kappa shape index (κ1) is 14.4. The van der Waals surface area contributed by atoms with Gasteiger partial charge in [-0.05, 0) is 28.2 Å². The van der Waals surface area contributed by atoms with Crippen LogP contribution < -0.4 is 0 Å². The van der Waals surface area contributed by atoms with Crippen LogP contribution >= 0.6 is 17.0 Å².